The van der Waals surface area contributed by atoms with Gasteiger partial charge in [0.2, 0.25) is 5.91 Å². The van der Waals surface area contributed by atoms with Gasteiger partial charge in [0.1, 0.15) is 11.0 Å². The van der Waals surface area contributed by atoms with Crippen LogP contribution in [0.5, 0.6) is 5.75 Å². The minimum absolute atomic E-state index is 0.122. The van der Waals surface area contributed by atoms with Crippen LogP contribution in [0, 0.1) is 10.1 Å². The zero-order valence-electron chi connectivity index (χ0n) is 15.1. The molecule has 28 heavy (non-hydrogen) atoms. The van der Waals surface area contributed by atoms with Crippen LogP contribution in [0.3, 0.4) is 0 Å². The van der Waals surface area contributed by atoms with Crippen molar-refractivity contribution in [3.05, 3.63) is 94.5 Å². The van der Waals surface area contributed by atoms with Crippen molar-refractivity contribution in [1.82, 2.24) is 0 Å². The van der Waals surface area contributed by atoms with Crippen molar-refractivity contribution in [1.29, 1.82) is 0 Å². The summed E-state index contributed by atoms with van der Waals surface area (Å²) in [7, 11) is 1.45. The maximum atomic E-state index is 13.1. The lowest BCUT2D eigenvalue weighted by Crippen LogP contribution is -2.19. The second-order valence-electron chi connectivity index (χ2n) is 5.85. The smallest absolute Gasteiger partial charge is 0.271 e. The molecular formula is C21H18N2O4S. The molecule has 7 heteroatoms. The lowest BCUT2D eigenvalue weighted by molar-refractivity contribution is -0.384. The number of hydrogen-bond acceptors (Lipinski definition) is 5. The molecule has 0 aliphatic carbocycles. The van der Waals surface area contributed by atoms with E-state index in [1.807, 2.05) is 60.7 Å². The number of benzene rings is 3. The van der Waals surface area contributed by atoms with E-state index in [1.54, 1.807) is 0 Å². The summed E-state index contributed by atoms with van der Waals surface area (Å²) in [6.07, 6.45) is 0. The molecule has 0 heterocycles. The fourth-order valence-corrected chi connectivity index (χ4v) is 3.69. The molecule has 3 aromatic carbocycles. The van der Waals surface area contributed by atoms with Gasteiger partial charge in [0.25, 0.3) is 5.69 Å². The van der Waals surface area contributed by atoms with Gasteiger partial charge < -0.3 is 10.1 Å². The van der Waals surface area contributed by atoms with Gasteiger partial charge in [-0.1, -0.05) is 48.5 Å². The summed E-state index contributed by atoms with van der Waals surface area (Å²) in [6.45, 7) is 0. The van der Waals surface area contributed by atoms with Gasteiger partial charge in [-0.25, -0.2) is 0 Å². The fourth-order valence-electron chi connectivity index (χ4n) is 2.64. The van der Waals surface area contributed by atoms with Crippen molar-refractivity contribution in [2.45, 2.75) is 10.1 Å². The molecule has 142 valence electrons. The van der Waals surface area contributed by atoms with E-state index >= 15 is 0 Å². The summed E-state index contributed by atoms with van der Waals surface area (Å²) in [5.41, 5.74) is 0.970. The number of rotatable bonds is 7. The summed E-state index contributed by atoms with van der Waals surface area (Å²) in [5.74, 6) is 0.0642. The second kappa shape index (κ2) is 9.05. The molecule has 0 saturated carbocycles. The first-order valence-electron chi connectivity index (χ1n) is 8.48. The van der Waals surface area contributed by atoms with E-state index in [0.717, 1.165) is 10.5 Å². The van der Waals surface area contributed by atoms with Crippen molar-refractivity contribution < 1.29 is 14.5 Å². The van der Waals surface area contributed by atoms with Crippen LogP contribution in [0.1, 0.15) is 10.8 Å². The van der Waals surface area contributed by atoms with Gasteiger partial charge in [0.15, 0.2) is 0 Å². The minimum Gasteiger partial charge on any atom is -0.495 e. The van der Waals surface area contributed by atoms with E-state index in [4.69, 9.17) is 4.74 Å². The number of amides is 1. The zero-order valence-corrected chi connectivity index (χ0v) is 15.9. The predicted octanol–water partition coefficient (Wildman–Crippen LogP) is 5.08. The van der Waals surface area contributed by atoms with Crippen LogP contribution < -0.4 is 10.1 Å². The van der Waals surface area contributed by atoms with Gasteiger partial charge in [-0.2, -0.15) is 0 Å². The monoisotopic (exact) mass is 394 g/mol. The highest BCUT2D eigenvalue weighted by molar-refractivity contribution is 8.00. The highest BCUT2D eigenvalue weighted by Gasteiger charge is 2.24. The molecule has 0 spiro atoms. The second-order valence-corrected chi connectivity index (χ2v) is 7.03. The molecule has 0 bridgehead atoms. The number of thioether (sulfide) groups is 1. The number of methoxy groups -OCH3 is 1. The number of nitrogens with one attached hydrogen (secondary N) is 1. The zero-order chi connectivity index (χ0) is 19.9. The van der Waals surface area contributed by atoms with Gasteiger partial charge in [0.05, 0.1) is 17.7 Å². The summed E-state index contributed by atoms with van der Waals surface area (Å²) < 4.78 is 5.24. The van der Waals surface area contributed by atoms with E-state index in [0.29, 0.717) is 5.75 Å². The summed E-state index contributed by atoms with van der Waals surface area (Å²) in [6, 6.07) is 23.1. The molecule has 0 aromatic heterocycles. The molecule has 0 radical (unpaired) electrons. The first kappa shape index (κ1) is 19.4. The Bertz CT molecular complexity index is 965. The van der Waals surface area contributed by atoms with Crippen LogP contribution in [0.2, 0.25) is 0 Å². The maximum Gasteiger partial charge on any atom is 0.271 e. The number of non-ortho nitro benzene ring substituents is 1. The van der Waals surface area contributed by atoms with Gasteiger partial charge in [-0.3, -0.25) is 14.9 Å². The third-order valence-corrected chi connectivity index (χ3v) is 5.26. The number of anilines is 1. The Balaban J connectivity index is 1.92. The Morgan fingerprint density at radius 1 is 1.04 bits per heavy atom. The number of carbonyl (C=O) groups excluding carboxylic acids is 1. The molecule has 0 saturated heterocycles. The molecule has 1 N–H and O–H groups in total. The Hall–Kier alpha value is -3.32. The quantitative estimate of drug-likeness (QED) is 0.343. The van der Waals surface area contributed by atoms with Crippen LogP contribution in [-0.4, -0.2) is 17.9 Å². The lowest BCUT2D eigenvalue weighted by atomic mass is 10.1. The van der Waals surface area contributed by atoms with Gasteiger partial charge in [0, 0.05) is 17.0 Å². The summed E-state index contributed by atoms with van der Waals surface area (Å²) in [5, 5.41) is 13.3. The highest BCUT2D eigenvalue weighted by atomic mass is 32.2. The third-order valence-electron chi connectivity index (χ3n) is 3.99. The first-order chi connectivity index (χ1) is 13.6. The Kier molecular flexibility index (Phi) is 6.29. The highest BCUT2D eigenvalue weighted by Crippen LogP contribution is 2.37. The maximum absolute atomic E-state index is 13.1. The minimum atomic E-state index is -0.535. The van der Waals surface area contributed by atoms with Gasteiger partial charge in [-0.05, 0) is 23.8 Å². The Morgan fingerprint density at radius 2 is 1.68 bits per heavy atom. The molecule has 6 nitrogen and oxygen atoms in total. The number of hydrogen-bond donors (Lipinski definition) is 1. The van der Waals surface area contributed by atoms with Crippen molar-refractivity contribution in [3.8, 4) is 5.75 Å². The van der Waals surface area contributed by atoms with Crippen molar-refractivity contribution in [3.63, 3.8) is 0 Å². The van der Waals surface area contributed by atoms with Crippen LogP contribution in [0.4, 0.5) is 11.4 Å². The molecule has 1 atom stereocenters. The molecule has 3 rings (SSSR count). The van der Waals surface area contributed by atoms with Crippen LogP contribution >= 0.6 is 11.8 Å². The third kappa shape index (κ3) is 4.69. The van der Waals surface area contributed by atoms with Crippen molar-refractivity contribution in [2.75, 3.05) is 12.4 Å². The average molecular weight is 394 g/mol. The molecule has 1 amide bonds. The molecule has 0 aliphatic rings. The average Bonchev–Trinajstić information content (AvgIpc) is 2.73. The fraction of sp³-hybridized carbons (Fsp3) is 0.0952. The van der Waals surface area contributed by atoms with Crippen LogP contribution in [-0.2, 0) is 4.79 Å². The van der Waals surface area contributed by atoms with E-state index < -0.39 is 10.2 Å². The number of ether oxygens (including phenoxy) is 1. The lowest BCUT2D eigenvalue weighted by Gasteiger charge is -2.18. The SMILES string of the molecule is COc1ccc([N+](=O)[O-])cc1NC(=O)[C@@H](Sc1ccccc1)c1ccccc1. The summed E-state index contributed by atoms with van der Waals surface area (Å²) >= 11 is 1.41. The van der Waals surface area contributed by atoms with Gasteiger partial charge >= 0.3 is 0 Å². The van der Waals surface area contributed by atoms with Crippen molar-refractivity contribution in [2.24, 2.45) is 0 Å². The Morgan fingerprint density at radius 3 is 2.29 bits per heavy atom. The number of nitrogens with zero attached hydrogens (tertiary/aromatic N) is 1. The first-order valence-corrected chi connectivity index (χ1v) is 9.36. The largest absolute Gasteiger partial charge is 0.495 e. The molecule has 0 aliphatic heterocycles. The van der Waals surface area contributed by atoms with Crippen molar-refractivity contribution >= 4 is 29.0 Å². The Labute approximate surface area is 166 Å². The van der Waals surface area contributed by atoms with E-state index in [1.165, 1.54) is 37.1 Å². The predicted molar refractivity (Wildman–Crippen MR) is 110 cm³/mol. The van der Waals surface area contributed by atoms with Gasteiger partial charge in [-0.15, -0.1) is 11.8 Å². The molecular weight excluding hydrogens is 376 g/mol. The van der Waals surface area contributed by atoms with E-state index in [9.17, 15) is 14.9 Å². The van der Waals surface area contributed by atoms with E-state index in [-0.39, 0.29) is 17.3 Å². The topological polar surface area (TPSA) is 81.5 Å². The van der Waals surface area contributed by atoms with Crippen LogP contribution in [0.15, 0.2) is 83.8 Å². The molecule has 3 aromatic rings. The number of nitro groups is 1. The summed E-state index contributed by atoms with van der Waals surface area (Å²) in [4.78, 5) is 24.6. The normalized spacial score (nSPS) is 11.5. The number of nitro benzene ring substituents is 1. The number of carbonyl (C=O) groups is 1. The van der Waals surface area contributed by atoms with Crippen LogP contribution in [0.25, 0.3) is 0 Å². The standard InChI is InChI=1S/C21H18N2O4S/c1-27-19-13-12-16(23(25)26)14-18(19)22-21(24)20(15-8-4-2-5-9-15)28-17-10-6-3-7-11-17/h2-14,20H,1H3,(H,22,24)/t20-/m0/s1. The van der Waals surface area contributed by atoms with E-state index in [2.05, 4.69) is 5.32 Å². The molecule has 0 unspecified atom stereocenters. The molecule has 0 fully saturated rings.